The monoisotopic (exact) mass is 389 g/mol. The molecule has 0 atom stereocenters. The molecule has 108 valence electrons. The molecule has 0 aliphatic heterocycles. The van der Waals surface area contributed by atoms with Gasteiger partial charge >= 0.3 is 0 Å². The molecule has 0 aromatic rings. The first-order valence-corrected chi connectivity index (χ1v) is 8.22. The van der Waals surface area contributed by atoms with Crippen molar-refractivity contribution >= 4 is 39.8 Å². The summed E-state index contributed by atoms with van der Waals surface area (Å²) in [4.78, 5) is 4.13. The van der Waals surface area contributed by atoms with Gasteiger partial charge in [-0.25, -0.2) is 8.42 Å². The molecule has 0 bridgehead atoms. The lowest BCUT2D eigenvalue weighted by Crippen LogP contribution is -2.42. The van der Waals surface area contributed by atoms with Crippen molar-refractivity contribution in [2.45, 2.75) is 38.1 Å². The van der Waals surface area contributed by atoms with E-state index < -0.39 is 9.84 Å². The predicted octanol–water partition coefficient (Wildman–Crippen LogP) is 1.15. The van der Waals surface area contributed by atoms with Crippen LogP contribution in [0.15, 0.2) is 4.99 Å². The summed E-state index contributed by atoms with van der Waals surface area (Å²) in [5.74, 6) is 1.01. The third-order valence-electron chi connectivity index (χ3n) is 2.90. The maximum atomic E-state index is 11.0. The van der Waals surface area contributed by atoms with Crippen molar-refractivity contribution in [1.29, 1.82) is 0 Å². The van der Waals surface area contributed by atoms with Gasteiger partial charge in [-0.2, -0.15) is 0 Å². The lowest BCUT2D eigenvalue weighted by molar-refractivity contribution is 0.595. The molecule has 5 nitrogen and oxygen atoms in total. The summed E-state index contributed by atoms with van der Waals surface area (Å²) in [5, 5.41) is 6.50. The Hall–Kier alpha value is -0.0500. The Balaban J connectivity index is 0.00000289. The third kappa shape index (κ3) is 8.12. The van der Waals surface area contributed by atoms with Crippen LogP contribution in [0.25, 0.3) is 0 Å². The molecule has 0 spiro atoms. The normalized spacial score (nSPS) is 17.3. The largest absolute Gasteiger partial charge is 0.356 e. The number of hydrogen-bond acceptors (Lipinski definition) is 3. The van der Waals surface area contributed by atoms with Gasteiger partial charge in [0.2, 0.25) is 0 Å². The van der Waals surface area contributed by atoms with E-state index in [1.807, 2.05) is 0 Å². The van der Waals surface area contributed by atoms with E-state index in [9.17, 15) is 8.42 Å². The molecule has 1 aliphatic carbocycles. The van der Waals surface area contributed by atoms with E-state index >= 15 is 0 Å². The van der Waals surface area contributed by atoms with Gasteiger partial charge in [-0.1, -0.05) is 12.8 Å². The summed E-state index contributed by atoms with van der Waals surface area (Å²) < 4.78 is 21.9. The zero-order valence-electron chi connectivity index (χ0n) is 11.1. The minimum Gasteiger partial charge on any atom is -0.356 e. The van der Waals surface area contributed by atoms with Crippen LogP contribution in [0.4, 0.5) is 0 Å². The highest BCUT2D eigenvalue weighted by atomic mass is 127. The van der Waals surface area contributed by atoms with E-state index in [2.05, 4.69) is 15.6 Å². The summed E-state index contributed by atoms with van der Waals surface area (Å²) in [5.41, 5.74) is 0. The van der Waals surface area contributed by atoms with Crippen molar-refractivity contribution in [3.05, 3.63) is 0 Å². The Morgan fingerprint density at radius 2 is 1.94 bits per heavy atom. The smallest absolute Gasteiger partial charge is 0.191 e. The number of aliphatic imine (C=N–C) groups is 1. The maximum Gasteiger partial charge on any atom is 0.191 e. The number of nitrogens with one attached hydrogen (secondary N) is 2. The number of rotatable bonds is 5. The fraction of sp³-hybridized carbons (Fsp3) is 0.909. The van der Waals surface area contributed by atoms with Gasteiger partial charge in [-0.3, -0.25) is 4.99 Å². The fourth-order valence-electron chi connectivity index (χ4n) is 2.00. The quantitative estimate of drug-likeness (QED) is 0.320. The summed E-state index contributed by atoms with van der Waals surface area (Å²) in [6, 6.07) is 0.524. The van der Waals surface area contributed by atoms with E-state index in [0.717, 1.165) is 5.96 Å². The molecule has 1 aliphatic rings. The van der Waals surface area contributed by atoms with Gasteiger partial charge in [0.1, 0.15) is 9.84 Å². The van der Waals surface area contributed by atoms with E-state index in [1.165, 1.54) is 31.9 Å². The highest BCUT2D eigenvalue weighted by molar-refractivity contribution is 14.0. The Labute approximate surface area is 127 Å². The molecule has 0 heterocycles. The second kappa shape index (κ2) is 8.95. The Morgan fingerprint density at radius 1 is 1.33 bits per heavy atom. The van der Waals surface area contributed by atoms with E-state index in [1.54, 1.807) is 7.05 Å². The molecule has 0 saturated heterocycles. The van der Waals surface area contributed by atoms with Crippen LogP contribution in [-0.4, -0.2) is 46.0 Å². The standard InChI is InChI=1S/C11H23N3O2S.HI/c1-12-11(14-10-6-3-4-7-10)13-8-5-9-17(2,15)16;/h10H,3-9H2,1-2H3,(H2,12,13,14);1H. The molecule has 0 unspecified atom stereocenters. The molecule has 0 aromatic carbocycles. The van der Waals surface area contributed by atoms with Gasteiger partial charge < -0.3 is 10.6 Å². The highest BCUT2D eigenvalue weighted by Gasteiger charge is 2.15. The lowest BCUT2D eigenvalue weighted by Gasteiger charge is -2.16. The molecule has 7 heteroatoms. The van der Waals surface area contributed by atoms with Crippen LogP contribution in [0, 0.1) is 0 Å². The molecule has 0 amide bonds. The summed E-state index contributed by atoms with van der Waals surface area (Å²) >= 11 is 0. The van der Waals surface area contributed by atoms with Crippen molar-refractivity contribution < 1.29 is 8.42 Å². The fourth-order valence-corrected chi connectivity index (χ4v) is 2.67. The van der Waals surface area contributed by atoms with Crippen molar-refractivity contribution in [1.82, 2.24) is 10.6 Å². The first-order chi connectivity index (χ1) is 8.01. The minimum atomic E-state index is -2.85. The molecule has 1 saturated carbocycles. The van der Waals surface area contributed by atoms with Crippen molar-refractivity contribution in [2.24, 2.45) is 4.99 Å². The van der Waals surface area contributed by atoms with E-state index in [0.29, 0.717) is 19.0 Å². The van der Waals surface area contributed by atoms with Crippen LogP contribution in [-0.2, 0) is 9.84 Å². The summed E-state index contributed by atoms with van der Waals surface area (Å²) in [6.07, 6.45) is 6.84. The zero-order valence-corrected chi connectivity index (χ0v) is 14.3. The van der Waals surface area contributed by atoms with Crippen LogP contribution in [0.5, 0.6) is 0 Å². The maximum absolute atomic E-state index is 11.0. The van der Waals surface area contributed by atoms with Gasteiger partial charge in [0.15, 0.2) is 5.96 Å². The molecule has 0 aromatic heterocycles. The summed E-state index contributed by atoms with van der Waals surface area (Å²) in [6.45, 7) is 0.638. The Kier molecular flexibility index (Phi) is 8.93. The van der Waals surface area contributed by atoms with Crippen LogP contribution in [0.2, 0.25) is 0 Å². The van der Waals surface area contributed by atoms with Gasteiger partial charge in [0, 0.05) is 25.9 Å². The molecule has 0 radical (unpaired) electrons. The first kappa shape index (κ1) is 17.9. The lowest BCUT2D eigenvalue weighted by atomic mass is 10.2. The molecule has 18 heavy (non-hydrogen) atoms. The molecule has 1 fully saturated rings. The number of halogens is 1. The predicted molar refractivity (Wildman–Crippen MR) is 86.5 cm³/mol. The van der Waals surface area contributed by atoms with Crippen molar-refractivity contribution in [3.8, 4) is 0 Å². The van der Waals surface area contributed by atoms with Gasteiger partial charge in [0.25, 0.3) is 0 Å². The topological polar surface area (TPSA) is 70.6 Å². The van der Waals surface area contributed by atoms with Crippen LogP contribution in [0.1, 0.15) is 32.1 Å². The third-order valence-corrected chi connectivity index (χ3v) is 3.93. The minimum absolute atomic E-state index is 0. The van der Waals surface area contributed by atoms with Crippen LogP contribution < -0.4 is 10.6 Å². The second-order valence-electron chi connectivity index (χ2n) is 4.61. The van der Waals surface area contributed by atoms with Crippen LogP contribution in [0.3, 0.4) is 0 Å². The van der Waals surface area contributed by atoms with Crippen molar-refractivity contribution in [3.63, 3.8) is 0 Å². The Bertz CT molecular complexity index is 351. The number of nitrogens with zero attached hydrogens (tertiary/aromatic N) is 1. The number of hydrogen-bond donors (Lipinski definition) is 2. The van der Waals surface area contributed by atoms with Gasteiger partial charge in [-0.05, 0) is 19.3 Å². The van der Waals surface area contributed by atoms with Gasteiger partial charge in [-0.15, -0.1) is 24.0 Å². The molecular formula is C11H24IN3O2S. The SMILES string of the molecule is CN=C(NCCCS(C)(=O)=O)NC1CCCC1.I. The first-order valence-electron chi connectivity index (χ1n) is 6.16. The molecule has 1 rings (SSSR count). The highest BCUT2D eigenvalue weighted by Crippen LogP contribution is 2.17. The molecular weight excluding hydrogens is 365 g/mol. The van der Waals surface area contributed by atoms with Gasteiger partial charge in [0.05, 0.1) is 5.75 Å². The second-order valence-corrected chi connectivity index (χ2v) is 6.87. The molecule has 2 N–H and O–H groups in total. The summed E-state index contributed by atoms with van der Waals surface area (Å²) in [7, 11) is -1.11. The average Bonchev–Trinajstić information content (AvgIpc) is 2.73. The Morgan fingerprint density at radius 3 is 2.44 bits per heavy atom. The average molecular weight is 389 g/mol. The van der Waals surface area contributed by atoms with Crippen molar-refractivity contribution in [2.75, 3.05) is 25.6 Å². The number of sulfone groups is 1. The van der Waals surface area contributed by atoms with E-state index in [4.69, 9.17) is 0 Å². The van der Waals surface area contributed by atoms with Crippen LogP contribution >= 0.6 is 24.0 Å². The van der Waals surface area contributed by atoms with E-state index in [-0.39, 0.29) is 29.7 Å². The number of guanidine groups is 1. The zero-order chi connectivity index (χ0) is 12.7.